The van der Waals surface area contributed by atoms with Crippen molar-refractivity contribution in [1.29, 1.82) is 0 Å². The van der Waals surface area contributed by atoms with Crippen molar-refractivity contribution in [2.45, 2.75) is 47.7 Å². The molecule has 0 radical (unpaired) electrons. The van der Waals surface area contributed by atoms with E-state index in [1.54, 1.807) is 0 Å². The Balaban J connectivity index is 1.64. The van der Waals surface area contributed by atoms with E-state index in [1.807, 2.05) is 0 Å². The molecule has 1 aliphatic rings. The van der Waals surface area contributed by atoms with Gasteiger partial charge in [0.15, 0.2) is 0 Å². The van der Waals surface area contributed by atoms with Gasteiger partial charge in [-0.2, -0.15) is 0 Å². The second-order valence-corrected chi connectivity index (χ2v) is 8.65. The number of rotatable bonds is 7. The first-order valence-corrected chi connectivity index (χ1v) is 10.8. The molecule has 0 saturated carbocycles. The van der Waals surface area contributed by atoms with E-state index >= 15 is 0 Å². The van der Waals surface area contributed by atoms with E-state index in [0.29, 0.717) is 0 Å². The number of hydrogen-bond acceptors (Lipinski definition) is 1. The summed E-state index contributed by atoms with van der Waals surface area (Å²) in [5.74, 6) is 0. The van der Waals surface area contributed by atoms with Crippen molar-refractivity contribution in [1.82, 2.24) is 4.90 Å². The molecule has 0 amide bonds. The van der Waals surface area contributed by atoms with Crippen LogP contribution in [0.15, 0.2) is 84.4 Å². The lowest BCUT2D eigenvalue weighted by Crippen LogP contribution is -3.00. The minimum absolute atomic E-state index is 0.912. The summed E-state index contributed by atoms with van der Waals surface area (Å²) in [6.07, 6.45) is 13.4. The molecule has 1 heterocycles. The summed E-state index contributed by atoms with van der Waals surface area (Å²) < 4.78 is 0. The summed E-state index contributed by atoms with van der Waals surface area (Å²) in [6, 6.07) is 13.6. The summed E-state index contributed by atoms with van der Waals surface area (Å²) in [5, 5.41) is 0. The number of quaternary nitrogens is 1. The fraction of sp³-hybridized carbons (Fsp3) is 0.286. The Hall–Kier alpha value is -2.84. The van der Waals surface area contributed by atoms with Crippen LogP contribution in [0.4, 0.5) is 0 Å². The lowest BCUT2D eigenvalue weighted by Gasteiger charge is -2.15. The highest BCUT2D eigenvalue weighted by Crippen LogP contribution is 2.16. The van der Waals surface area contributed by atoms with E-state index in [4.69, 9.17) is 0 Å². The zero-order chi connectivity index (χ0) is 21.7. The molecule has 0 saturated heterocycles. The fourth-order valence-electron chi connectivity index (χ4n) is 4.26. The molecule has 2 nitrogen and oxygen atoms in total. The van der Waals surface area contributed by atoms with Gasteiger partial charge >= 0.3 is 0 Å². The van der Waals surface area contributed by atoms with Gasteiger partial charge in [0.25, 0.3) is 0 Å². The molecule has 0 spiro atoms. The molecule has 3 rings (SSSR count). The van der Waals surface area contributed by atoms with Gasteiger partial charge in [0.1, 0.15) is 12.7 Å². The van der Waals surface area contributed by atoms with Crippen LogP contribution in [0.2, 0.25) is 0 Å². The Morgan fingerprint density at radius 2 is 1.43 bits per heavy atom. The number of aryl methyl sites for hydroxylation is 4. The summed E-state index contributed by atoms with van der Waals surface area (Å²) in [5.41, 5.74) is 10.6. The molecule has 1 aliphatic heterocycles. The van der Waals surface area contributed by atoms with Crippen LogP contribution < -0.4 is 4.90 Å². The fourth-order valence-corrected chi connectivity index (χ4v) is 4.26. The van der Waals surface area contributed by atoms with Gasteiger partial charge in [-0.1, -0.05) is 64.7 Å². The highest BCUT2D eigenvalue weighted by atomic mass is 15.1. The molecule has 1 unspecified atom stereocenters. The van der Waals surface area contributed by atoms with Gasteiger partial charge in [-0.3, -0.25) is 4.90 Å². The van der Waals surface area contributed by atoms with Gasteiger partial charge < -0.3 is 4.90 Å². The summed E-state index contributed by atoms with van der Waals surface area (Å²) >= 11 is 0. The Kier molecular flexibility index (Phi) is 7.12. The zero-order valence-corrected chi connectivity index (χ0v) is 19.3. The van der Waals surface area contributed by atoms with Gasteiger partial charge in [-0.25, -0.2) is 0 Å². The average molecular weight is 400 g/mol. The number of hydrogen-bond donors (Lipinski definition) is 1. The van der Waals surface area contributed by atoms with Crippen LogP contribution in [0.1, 0.15) is 40.3 Å². The molecule has 0 fully saturated rings. The van der Waals surface area contributed by atoms with Gasteiger partial charge in [-0.15, -0.1) is 0 Å². The maximum atomic E-state index is 2.32. The quantitative estimate of drug-likeness (QED) is 0.620. The van der Waals surface area contributed by atoms with E-state index in [9.17, 15) is 0 Å². The molecule has 2 aromatic carbocycles. The Labute approximate surface area is 182 Å². The SMILES string of the molecule is C/C=C(\C=C/N(C)Cc1cc(C)cc(C)c1)C1=C[NH+](Cc2cc(C)cc(C)c2)C=C1. The third-order valence-electron chi connectivity index (χ3n) is 5.37. The minimum atomic E-state index is 0.912. The largest absolute Gasteiger partial charge is 0.376 e. The first-order valence-electron chi connectivity index (χ1n) is 10.8. The Morgan fingerprint density at radius 1 is 0.867 bits per heavy atom. The normalized spacial score (nSPS) is 16.4. The van der Waals surface area contributed by atoms with Crippen LogP contribution in [0.3, 0.4) is 0 Å². The highest BCUT2D eigenvalue weighted by molar-refractivity contribution is 5.46. The molecule has 2 aromatic rings. The van der Waals surface area contributed by atoms with E-state index in [1.165, 1.54) is 49.4 Å². The monoisotopic (exact) mass is 399 g/mol. The number of nitrogens with zero attached hydrogens (tertiary/aromatic N) is 1. The van der Waals surface area contributed by atoms with Crippen LogP contribution in [-0.4, -0.2) is 11.9 Å². The summed E-state index contributed by atoms with van der Waals surface area (Å²) in [7, 11) is 2.14. The second kappa shape index (κ2) is 9.77. The molecule has 30 heavy (non-hydrogen) atoms. The smallest absolute Gasteiger partial charge is 0.111 e. The van der Waals surface area contributed by atoms with E-state index in [0.717, 1.165) is 13.1 Å². The standard InChI is InChI=1S/C28H34N2/c1-7-27(8-10-29(6)18-25-14-21(2)12-22(3)15-25)28-9-11-30(20-28)19-26-16-23(4)13-24(5)17-26/h7-17,20H,18-19H2,1-6H3/p+1/b10-8-,27-7+. The molecular formula is C28H35N2+. The molecule has 1 atom stereocenters. The van der Waals surface area contributed by atoms with E-state index in [2.05, 4.69) is 120 Å². The maximum absolute atomic E-state index is 2.32. The number of nitrogens with one attached hydrogen (secondary N) is 1. The van der Waals surface area contributed by atoms with Crippen LogP contribution >= 0.6 is 0 Å². The van der Waals surface area contributed by atoms with Crippen molar-refractivity contribution >= 4 is 0 Å². The first-order chi connectivity index (χ1) is 14.3. The average Bonchev–Trinajstić information content (AvgIpc) is 3.08. The Morgan fingerprint density at radius 3 is 2.00 bits per heavy atom. The predicted molar refractivity (Wildman–Crippen MR) is 128 cm³/mol. The third-order valence-corrected chi connectivity index (χ3v) is 5.37. The first kappa shape index (κ1) is 21.9. The molecule has 0 bridgehead atoms. The van der Waals surface area contributed by atoms with Gasteiger partial charge in [0, 0.05) is 30.8 Å². The predicted octanol–water partition coefficient (Wildman–Crippen LogP) is 5.31. The van der Waals surface area contributed by atoms with Gasteiger partial charge in [0.05, 0.1) is 6.20 Å². The van der Waals surface area contributed by atoms with Crippen molar-refractivity contribution in [3.63, 3.8) is 0 Å². The molecule has 2 heteroatoms. The molecule has 1 N–H and O–H groups in total. The van der Waals surface area contributed by atoms with E-state index in [-0.39, 0.29) is 0 Å². The van der Waals surface area contributed by atoms with Crippen LogP contribution in [0, 0.1) is 27.7 Å². The van der Waals surface area contributed by atoms with Crippen molar-refractivity contribution in [2.24, 2.45) is 0 Å². The van der Waals surface area contributed by atoms with Crippen molar-refractivity contribution in [2.75, 3.05) is 7.05 Å². The van der Waals surface area contributed by atoms with Gasteiger partial charge in [0.2, 0.25) is 0 Å². The van der Waals surface area contributed by atoms with Crippen LogP contribution in [0.25, 0.3) is 0 Å². The van der Waals surface area contributed by atoms with Crippen LogP contribution in [-0.2, 0) is 13.1 Å². The molecular weight excluding hydrogens is 364 g/mol. The van der Waals surface area contributed by atoms with Gasteiger partial charge in [-0.05, 0) is 58.0 Å². The maximum Gasteiger partial charge on any atom is 0.111 e. The molecule has 0 aliphatic carbocycles. The Bertz CT molecular complexity index is 980. The lowest BCUT2D eigenvalue weighted by atomic mass is 10.1. The van der Waals surface area contributed by atoms with Crippen molar-refractivity contribution in [3.8, 4) is 0 Å². The third kappa shape index (κ3) is 6.08. The topological polar surface area (TPSA) is 7.68 Å². The van der Waals surface area contributed by atoms with Crippen molar-refractivity contribution < 1.29 is 4.90 Å². The molecule has 156 valence electrons. The minimum Gasteiger partial charge on any atom is -0.376 e. The van der Waals surface area contributed by atoms with Crippen molar-refractivity contribution in [3.05, 3.63) is 118 Å². The molecule has 0 aromatic heterocycles. The summed E-state index contributed by atoms with van der Waals surface area (Å²) in [6.45, 7) is 12.7. The summed E-state index contributed by atoms with van der Waals surface area (Å²) in [4.78, 5) is 3.61. The van der Waals surface area contributed by atoms with Crippen LogP contribution in [0.5, 0.6) is 0 Å². The number of allylic oxidation sites excluding steroid dienone is 5. The van der Waals surface area contributed by atoms with E-state index < -0.39 is 0 Å². The zero-order valence-electron chi connectivity index (χ0n) is 19.3. The number of benzene rings is 2. The second-order valence-electron chi connectivity index (χ2n) is 8.65. The lowest BCUT2D eigenvalue weighted by molar-refractivity contribution is -0.803. The highest BCUT2D eigenvalue weighted by Gasteiger charge is 2.14.